The van der Waals surface area contributed by atoms with E-state index in [0.717, 1.165) is 31.2 Å². The van der Waals surface area contributed by atoms with E-state index in [4.69, 9.17) is 10.5 Å². The maximum Gasteiger partial charge on any atom is 0.157 e. The minimum Gasteiger partial charge on any atom is -0.495 e. The Hall–Kier alpha value is -1.23. The number of rotatable bonds is 4. The van der Waals surface area contributed by atoms with Gasteiger partial charge in [-0.25, -0.2) is 8.42 Å². The van der Waals surface area contributed by atoms with Crippen LogP contribution in [0.5, 0.6) is 5.75 Å². The third-order valence-corrected chi connectivity index (χ3v) is 5.69. The number of benzene rings is 1. The molecule has 1 aromatic carbocycles. The molecule has 0 amide bonds. The first-order chi connectivity index (χ1) is 8.53. The van der Waals surface area contributed by atoms with Crippen LogP contribution in [0.2, 0.25) is 0 Å². The Balaban J connectivity index is 2.16. The molecule has 0 radical (unpaired) electrons. The lowest BCUT2D eigenvalue weighted by atomic mass is 10.2. The van der Waals surface area contributed by atoms with E-state index in [0.29, 0.717) is 11.4 Å². The number of nitrogens with two attached hydrogens (primary N) is 1. The van der Waals surface area contributed by atoms with Crippen molar-refractivity contribution in [1.82, 2.24) is 0 Å². The minimum atomic E-state index is -3.05. The first-order valence-electron chi connectivity index (χ1n) is 6.17. The predicted molar refractivity (Wildman–Crippen MR) is 72.3 cm³/mol. The van der Waals surface area contributed by atoms with E-state index < -0.39 is 9.84 Å². The van der Waals surface area contributed by atoms with Crippen LogP contribution < -0.4 is 10.5 Å². The molecule has 0 unspecified atom stereocenters. The van der Waals surface area contributed by atoms with E-state index in [9.17, 15) is 8.42 Å². The highest BCUT2D eigenvalue weighted by Gasteiger charge is 2.28. The molecule has 0 atom stereocenters. The van der Waals surface area contributed by atoms with Gasteiger partial charge in [-0.3, -0.25) is 0 Å². The molecule has 1 aliphatic rings. The van der Waals surface area contributed by atoms with Crippen molar-refractivity contribution < 1.29 is 13.2 Å². The van der Waals surface area contributed by atoms with Crippen LogP contribution in [0.25, 0.3) is 0 Å². The average Bonchev–Trinajstić information content (AvgIpc) is 2.82. The topological polar surface area (TPSA) is 69.4 Å². The third kappa shape index (κ3) is 2.77. The summed E-state index contributed by atoms with van der Waals surface area (Å²) in [5.74, 6) is 0.656. The number of sulfone groups is 1. The van der Waals surface area contributed by atoms with Crippen LogP contribution in [0.3, 0.4) is 0 Å². The van der Waals surface area contributed by atoms with Crippen LogP contribution in [-0.4, -0.2) is 20.8 Å². The fraction of sp³-hybridized carbons (Fsp3) is 0.538. The Kier molecular flexibility index (Phi) is 3.80. The molecule has 0 spiro atoms. The van der Waals surface area contributed by atoms with Crippen molar-refractivity contribution in [2.45, 2.75) is 36.7 Å². The van der Waals surface area contributed by atoms with Crippen LogP contribution in [0, 0.1) is 0 Å². The van der Waals surface area contributed by atoms with Gasteiger partial charge >= 0.3 is 0 Å². The van der Waals surface area contributed by atoms with E-state index in [-0.39, 0.29) is 11.0 Å². The van der Waals surface area contributed by atoms with Crippen molar-refractivity contribution >= 4 is 15.5 Å². The Morgan fingerprint density at radius 3 is 2.56 bits per heavy atom. The van der Waals surface area contributed by atoms with Gasteiger partial charge in [-0.05, 0) is 30.5 Å². The lowest BCUT2D eigenvalue weighted by molar-refractivity contribution is 0.417. The maximum atomic E-state index is 12.2. The van der Waals surface area contributed by atoms with Gasteiger partial charge in [0.1, 0.15) is 5.75 Å². The molecule has 0 aliphatic heterocycles. The summed E-state index contributed by atoms with van der Waals surface area (Å²) >= 11 is 0. The summed E-state index contributed by atoms with van der Waals surface area (Å²) in [5.41, 5.74) is 7.00. The molecule has 0 aromatic heterocycles. The number of ether oxygens (including phenoxy) is 1. The summed E-state index contributed by atoms with van der Waals surface area (Å²) < 4.78 is 29.4. The van der Waals surface area contributed by atoms with Gasteiger partial charge in [0.2, 0.25) is 0 Å². The van der Waals surface area contributed by atoms with Gasteiger partial charge in [0.25, 0.3) is 0 Å². The van der Waals surface area contributed by atoms with Crippen molar-refractivity contribution in [2.24, 2.45) is 0 Å². The van der Waals surface area contributed by atoms with Crippen molar-refractivity contribution in [2.75, 3.05) is 12.8 Å². The van der Waals surface area contributed by atoms with Gasteiger partial charge in [0.15, 0.2) is 9.84 Å². The highest BCUT2D eigenvalue weighted by molar-refractivity contribution is 7.91. The number of hydrogen-bond donors (Lipinski definition) is 1. The van der Waals surface area contributed by atoms with Crippen LogP contribution in [0.15, 0.2) is 18.2 Å². The van der Waals surface area contributed by atoms with Gasteiger partial charge in [-0.1, -0.05) is 18.9 Å². The molecule has 2 rings (SSSR count). The van der Waals surface area contributed by atoms with Gasteiger partial charge in [0, 0.05) is 0 Å². The summed E-state index contributed by atoms with van der Waals surface area (Å²) in [4.78, 5) is 0. The quantitative estimate of drug-likeness (QED) is 0.850. The Morgan fingerprint density at radius 2 is 2.00 bits per heavy atom. The first-order valence-corrected chi connectivity index (χ1v) is 7.88. The molecule has 1 aromatic rings. The highest BCUT2D eigenvalue weighted by Crippen LogP contribution is 2.29. The minimum absolute atomic E-state index is 0.0753. The Labute approximate surface area is 108 Å². The summed E-state index contributed by atoms with van der Waals surface area (Å²) in [5, 5.41) is -0.166. The fourth-order valence-electron chi connectivity index (χ4n) is 2.47. The van der Waals surface area contributed by atoms with E-state index in [1.807, 2.05) is 0 Å². The summed E-state index contributed by atoms with van der Waals surface area (Å²) in [6.45, 7) is 0. The molecule has 0 heterocycles. The standard InChI is InChI=1S/C13H19NO3S/c1-17-13-7-6-10(8-12(13)14)9-18(15,16)11-4-2-3-5-11/h6-8,11H,2-5,9,14H2,1H3. The molecule has 5 heteroatoms. The largest absolute Gasteiger partial charge is 0.495 e. The van der Waals surface area contributed by atoms with Crippen LogP contribution in [0.4, 0.5) is 5.69 Å². The zero-order chi connectivity index (χ0) is 13.2. The van der Waals surface area contributed by atoms with E-state index >= 15 is 0 Å². The molecule has 100 valence electrons. The molecule has 1 fully saturated rings. The first kappa shape index (κ1) is 13.2. The molecular formula is C13H19NO3S. The summed E-state index contributed by atoms with van der Waals surface area (Å²) in [6, 6.07) is 5.17. The lowest BCUT2D eigenvalue weighted by Crippen LogP contribution is -2.19. The molecule has 2 N–H and O–H groups in total. The second-order valence-corrected chi connectivity index (χ2v) is 7.07. The van der Waals surface area contributed by atoms with E-state index in [1.54, 1.807) is 25.3 Å². The predicted octanol–water partition coefficient (Wildman–Crippen LogP) is 2.13. The fourth-order valence-corrected chi connectivity index (χ4v) is 4.40. The van der Waals surface area contributed by atoms with Crippen molar-refractivity contribution in [3.05, 3.63) is 23.8 Å². The molecule has 1 aliphatic carbocycles. The van der Waals surface area contributed by atoms with Crippen LogP contribution >= 0.6 is 0 Å². The molecule has 4 nitrogen and oxygen atoms in total. The molecule has 18 heavy (non-hydrogen) atoms. The number of methoxy groups -OCH3 is 1. The van der Waals surface area contributed by atoms with Crippen molar-refractivity contribution in [1.29, 1.82) is 0 Å². The van der Waals surface area contributed by atoms with E-state index in [2.05, 4.69) is 0 Å². The molecular weight excluding hydrogens is 250 g/mol. The SMILES string of the molecule is COc1ccc(CS(=O)(=O)C2CCCC2)cc1N. The van der Waals surface area contributed by atoms with Gasteiger partial charge in [0.05, 0.1) is 23.8 Å². The van der Waals surface area contributed by atoms with Gasteiger partial charge < -0.3 is 10.5 Å². The van der Waals surface area contributed by atoms with Gasteiger partial charge in [-0.15, -0.1) is 0 Å². The second-order valence-electron chi connectivity index (χ2n) is 4.79. The monoisotopic (exact) mass is 269 g/mol. The normalized spacial score (nSPS) is 16.9. The second kappa shape index (κ2) is 5.18. The molecule has 0 saturated heterocycles. The number of anilines is 1. The average molecular weight is 269 g/mol. The van der Waals surface area contributed by atoms with Gasteiger partial charge in [-0.2, -0.15) is 0 Å². The summed E-state index contributed by atoms with van der Waals surface area (Å²) in [7, 11) is -1.50. The smallest absolute Gasteiger partial charge is 0.157 e. The molecule has 0 bridgehead atoms. The molecule has 1 saturated carbocycles. The Morgan fingerprint density at radius 1 is 1.33 bits per heavy atom. The zero-order valence-corrected chi connectivity index (χ0v) is 11.4. The van der Waals surface area contributed by atoms with E-state index in [1.165, 1.54) is 0 Å². The Bertz CT molecular complexity index is 519. The lowest BCUT2D eigenvalue weighted by Gasteiger charge is -2.12. The highest BCUT2D eigenvalue weighted by atomic mass is 32.2. The zero-order valence-electron chi connectivity index (χ0n) is 10.6. The maximum absolute atomic E-state index is 12.2. The van der Waals surface area contributed by atoms with Crippen molar-refractivity contribution in [3.63, 3.8) is 0 Å². The summed E-state index contributed by atoms with van der Waals surface area (Å²) in [6.07, 6.45) is 3.64. The number of nitrogen functional groups attached to an aromatic ring is 1. The van der Waals surface area contributed by atoms with Crippen molar-refractivity contribution in [3.8, 4) is 5.75 Å². The number of hydrogen-bond acceptors (Lipinski definition) is 4. The van der Waals surface area contributed by atoms with Crippen LogP contribution in [-0.2, 0) is 15.6 Å². The van der Waals surface area contributed by atoms with Crippen LogP contribution in [0.1, 0.15) is 31.2 Å². The third-order valence-electron chi connectivity index (χ3n) is 3.47.